The van der Waals surface area contributed by atoms with Crippen molar-refractivity contribution >= 4 is 39.9 Å². The average molecular weight is 367 g/mol. The molecule has 0 aromatic heterocycles. The minimum atomic E-state index is -0.417. The molecule has 26 heavy (non-hydrogen) atoms. The van der Waals surface area contributed by atoms with Crippen molar-refractivity contribution in [1.29, 1.82) is 0 Å². The van der Waals surface area contributed by atoms with E-state index in [0.29, 0.717) is 5.02 Å². The van der Waals surface area contributed by atoms with E-state index in [0.717, 1.165) is 22.0 Å². The quantitative estimate of drug-likeness (QED) is 0.687. The number of amides is 2. The Morgan fingerprint density at radius 2 is 1.65 bits per heavy atom. The summed E-state index contributed by atoms with van der Waals surface area (Å²) in [6.07, 6.45) is 0.129. The van der Waals surface area contributed by atoms with Crippen LogP contribution in [-0.2, 0) is 9.59 Å². The summed E-state index contributed by atoms with van der Waals surface area (Å²) in [6, 6.07) is 20.3. The molecule has 5 heteroatoms. The van der Waals surface area contributed by atoms with E-state index in [-0.39, 0.29) is 18.2 Å². The van der Waals surface area contributed by atoms with Crippen molar-refractivity contribution in [3.63, 3.8) is 0 Å². The summed E-state index contributed by atoms with van der Waals surface area (Å²) in [5, 5.41) is 8.42. The summed E-state index contributed by atoms with van der Waals surface area (Å²) in [4.78, 5) is 24.1. The number of fused-ring (bicyclic) bond motifs is 1. The van der Waals surface area contributed by atoms with Crippen LogP contribution in [0.25, 0.3) is 10.8 Å². The van der Waals surface area contributed by atoms with Crippen molar-refractivity contribution in [2.75, 3.05) is 5.32 Å². The van der Waals surface area contributed by atoms with Gasteiger partial charge in [-0.2, -0.15) is 0 Å². The summed E-state index contributed by atoms with van der Waals surface area (Å²) in [5.41, 5.74) is 1.59. The Morgan fingerprint density at radius 1 is 0.962 bits per heavy atom. The van der Waals surface area contributed by atoms with Crippen molar-refractivity contribution in [2.24, 2.45) is 0 Å². The second-order valence-electron chi connectivity index (χ2n) is 6.08. The number of anilines is 1. The molecule has 0 aliphatic heterocycles. The Morgan fingerprint density at radius 3 is 2.38 bits per heavy atom. The van der Waals surface area contributed by atoms with Crippen LogP contribution in [-0.4, -0.2) is 11.8 Å². The van der Waals surface area contributed by atoms with Gasteiger partial charge < -0.3 is 10.6 Å². The van der Waals surface area contributed by atoms with Crippen LogP contribution in [0.5, 0.6) is 0 Å². The molecule has 0 spiro atoms. The lowest BCUT2D eigenvalue weighted by molar-refractivity contribution is -0.120. The van der Waals surface area contributed by atoms with Crippen LogP contribution < -0.4 is 10.6 Å². The predicted octanol–water partition coefficient (Wildman–Crippen LogP) is 4.70. The number of rotatable bonds is 5. The number of benzene rings is 3. The van der Waals surface area contributed by atoms with Crippen molar-refractivity contribution in [1.82, 2.24) is 5.32 Å². The third-order valence-electron chi connectivity index (χ3n) is 4.10. The fraction of sp³-hybridized carbons (Fsp3) is 0.143. The second kappa shape index (κ2) is 8.02. The highest BCUT2D eigenvalue weighted by Crippen LogP contribution is 2.25. The lowest BCUT2D eigenvalue weighted by Crippen LogP contribution is -2.29. The van der Waals surface area contributed by atoms with Crippen molar-refractivity contribution in [3.8, 4) is 0 Å². The summed E-state index contributed by atoms with van der Waals surface area (Å²) in [7, 11) is 0. The maximum Gasteiger partial charge on any atom is 0.226 e. The van der Waals surface area contributed by atoms with Gasteiger partial charge in [-0.1, -0.05) is 60.1 Å². The van der Waals surface area contributed by atoms with Crippen LogP contribution in [0.3, 0.4) is 0 Å². The predicted molar refractivity (Wildman–Crippen MR) is 105 cm³/mol. The molecule has 0 aliphatic rings. The number of halogens is 1. The summed E-state index contributed by atoms with van der Waals surface area (Å²) in [6.45, 7) is 1.44. The van der Waals surface area contributed by atoms with Crippen LogP contribution in [0.1, 0.15) is 24.9 Å². The van der Waals surface area contributed by atoms with E-state index in [1.807, 2.05) is 54.6 Å². The molecule has 0 fully saturated rings. The molecule has 3 aromatic rings. The molecule has 0 saturated carbocycles. The highest BCUT2D eigenvalue weighted by atomic mass is 35.5. The Bertz CT molecular complexity index is 933. The number of hydrogen-bond donors (Lipinski definition) is 2. The second-order valence-corrected chi connectivity index (χ2v) is 6.52. The standard InChI is InChI=1S/C21H19ClN2O2/c1-14(25)23-20(16-9-11-17(22)12-10-16)13-21(26)24-19-8-4-6-15-5-2-3-7-18(15)19/h2-12,20H,13H2,1H3,(H,23,25)(H,24,26). The first-order valence-corrected chi connectivity index (χ1v) is 8.71. The van der Waals surface area contributed by atoms with Gasteiger partial charge in [0.2, 0.25) is 11.8 Å². The van der Waals surface area contributed by atoms with Gasteiger partial charge in [-0.25, -0.2) is 0 Å². The van der Waals surface area contributed by atoms with E-state index < -0.39 is 6.04 Å². The van der Waals surface area contributed by atoms with Gasteiger partial charge in [-0.3, -0.25) is 9.59 Å². The topological polar surface area (TPSA) is 58.2 Å². The third-order valence-corrected chi connectivity index (χ3v) is 4.36. The highest BCUT2D eigenvalue weighted by molar-refractivity contribution is 6.30. The van der Waals surface area contributed by atoms with Gasteiger partial charge in [-0.05, 0) is 29.1 Å². The number of carbonyl (C=O) groups excluding carboxylic acids is 2. The molecule has 1 atom stereocenters. The van der Waals surface area contributed by atoms with Crippen LogP contribution in [0, 0.1) is 0 Å². The molecule has 3 rings (SSSR count). The van der Waals surface area contributed by atoms with Crippen LogP contribution in [0.2, 0.25) is 5.02 Å². The third kappa shape index (κ3) is 4.41. The van der Waals surface area contributed by atoms with Crippen LogP contribution >= 0.6 is 11.6 Å². The zero-order chi connectivity index (χ0) is 18.5. The molecule has 0 radical (unpaired) electrons. The lowest BCUT2D eigenvalue weighted by atomic mass is 10.0. The Labute approximate surface area is 157 Å². The molecule has 0 saturated heterocycles. The van der Waals surface area contributed by atoms with Crippen molar-refractivity contribution in [2.45, 2.75) is 19.4 Å². The molecule has 0 heterocycles. The molecule has 3 aromatic carbocycles. The summed E-state index contributed by atoms with van der Waals surface area (Å²) in [5.74, 6) is -0.363. The highest BCUT2D eigenvalue weighted by Gasteiger charge is 2.17. The molecule has 1 unspecified atom stereocenters. The number of hydrogen-bond acceptors (Lipinski definition) is 2. The maximum atomic E-state index is 12.6. The average Bonchev–Trinajstić information content (AvgIpc) is 2.62. The van der Waals surface area contributed by atoms with E-state index in [4.69, 9.17) is 11.6 Å². The minimum absolute atomic E-state index is 0.129. The Balaban J connectivity index is 1.79. The normalized spacial score (nSPS) is 11.8. The van der Waals surface area contributed by atoms with Crippen molar-refractivity contribution in [3.05, 3.63) is 77.3 Å². The molecule has 2 N–H and O–H groups in total. The van der Waals surface area contributed by atoms with E-state index >= 15 is 0 Å². The molecule has 0 bridgehead atoms. The van der Waals surface area contributed by atoms with E-state index in [9.17, 15) is 9.59 Å². The minimum Gasteiger partial charge on any atom is -0.349 e. The molecule has 2 amide bonds. The first-order chi connectivity index (χ1) is 12.5. The summed E-state index contributed by atoms with van der Waals surface area (Å²) >= 11 is 5.92. The lowest BCUT2D eigenvalue weighted by Gasteiger charge is -2.18. The molecule has 0 aliphatic carbocycles. The van der Waals surface area contributed by atoms with Crippen LogP contribution in [0.4, 0.5) is 5.69 Å². The van der Waals surface area contributed by atoms with Gasteiger partial charge in [-0.15, -0.1) is 0 Å². The zero-order valence-corrected chi connectivity index (χ0v) is 15.1. The van der Waals surface area contributed by atoms with Gasteiger partial charge in [0.1, 0.15) is 0 Å². The van der Waals surface area contributed by atoms with Crippen LogP contribution in [0.15, 0.2) is 66.7 Å². The molecule has 4 nitrogen and oxygen atoms in total. The molecular weight excluding hydrogens is 348 g/mol. The number of nitrogens with one attached hydrogen (secondary N) is 2. The van der Waals surface area contributed by atoms with E-state index in [2.05, 4.69) is 10.6 Å². The van der Waals surface area contributed by atoms with Gasteiger partial charge in [0, 0.05) is 23.0 Å². The summed E-state index contributed by atoms with van der Waals surface area (Å²) < 4.78 is 0. The zero-order valence-electron chi connectivity index (χ0n) is 14.3. The van der Waals surface area contributed by atoms with Gasteiger partial charge in [0.15, 0.2) is 0 Å². The fourth-order valence-corrected chi connectivity index (χ4v) is 3.04. The smallest absolute Gasteiger partial charge is 0.226 e. The maximum absolute atomic E-state index is 12.6. The SMILES string of the molecule is CC(=O)NC(CC(=O)Nc1cccc2ccccc12)c1ccc(Cl)cc1. The van der Waals surface area contributed by atoms with Gasteiger partial charge in [0.05, 0.1) is 12.5 Å². The van der Waals surface area contributed by atoms with Gasteiger partial charge >= 0.3 is 0 Å². The van der Waals surface area contributed by atoms with E-state index in [1.165, 1.54) is 6.92 Å². The molecular formula is C21H19ClN2O2. The van der Waals surface area contributed by atoms with Gasteiger partial charge in [0.25, 0.3) is 0 Å². The monoisotopic (exact) mass is 366 g/mol. The molecule has 132 valence electrons. The Hall–Kier alpha value is -2.85. The van der Waals surface area contributed by atoms with E-state index in [1.54, 1.807) is 12.1 Å². The van der Waals surface area contributed by atoms with Crippen molar-refractivity contribution < 1.29 is 9.59 Å². The Kier molecular flexibility index (Phi) is 5.54. The number of carbonyl (C=O) groups is 2. The first-order valence-electron chi connectivity index (χ1n) is 8.33. The largest absolute Gasteiger partial charge is 0.349 e. The fourth-order valence-electron chi connectivity index (χ4n) is 2.91. The first kappa shape index (κ1) is 18.0.